The molecule has 1 fully saturated rings. The summed E-state index contributed by atoms with van der Waals surface area (Å²) in [5.41, 5.74) is 1.20. The number of aromatic nitrogens is 1. The van der Waals surface area contributed by atoms with E-state index in [0.29, 0.717) is 0 Å². The zero-order chi connectivity index (χ0) is 20.0. The van der Waals surface area contributed by atoms with Gasteiger partial charge in [-0.1, -0.05) is 32.0 Å². The van der Waals surface area contributed by atoms with Crippen LogP contribution in [-0.4, -0.2) is 62.7 Å². The van der Waals surface area contributed by atoms with Crippen LogP contribution in [0.25, 0.3) is 0 Å². The van der Waals surface area contributed by atoms with Gasteiger partial charge in [0.05, 0.1) is 7.11 Å². The minimum Gasteiger partial charge on any atom is -0.497 e. The topological polar surface area (TPSA) is 53.0 Å². The summed E-state index contributed by atoms with van der Waals surface area (Å²) >= 11 is 0. The second kappa shape index (κ2) is 10.7. The smallest absolute Gasteiger partial charge is 0.193 e. The van der Waals surface area contributed by atoms with Crippen LogP contribution in [0, 0.1) is 0 Å². The van der Waals surface area contributed by atoms with Gasteiger partial charge in [0, 0.05) is 51.4 Å². The molecule has 1 saturated heterocycles. The molecular formula is C22H32IN5O. The van der Waals surface area contributed by atoms with Crippen LogP contribution in [0.2, 0.25) is 0 Å². The molecule has 7 heteroatoms. The number of ether oxygens (including phenoxy) is 1. The van der Waals surface area contributed by atoms with E-state index >= 15 is 0 Å². The number of methoxy groups -OCH3 is 1. The monoisotopic (exact) mass is 509 g/mol. The van der Waals surface area contributed by atoms with E-state index in [9.17, 15) is 0 Å². The molecule has 0 atom stereocenters. The molecule has 0 amide bonds. The van der Waals surface area contributed by atoms with Crippen molar-refractivity contribution in [1.29, 1.82) is 0 Å². The predicted molar refractivity (Wildman–Crippen MR) is 131 cm³/mol. The van der Waals surface area contributed by atoms with E-state index < -0.39 is 0 Å². The lowest BCUT2D eigenvalue weighted by Crippen LogP contribution is -2.54. The van der Waals surface area contributed by atoms with Crippen LogP contribution >= 0.6 is 24.0 Å². The molecule has 1 aromatic carbocycles. The lowest BCUT2D eigenvalue weighted by Gasteiger charge is -2.38. The normalized spacial score (nSPS) is 15.0. The minimum absolute atomic E-state index is 0. The molecule has 29 heavy (non-hydrogen) atoms. The molecule has 0 saturated carbocycles. The first-order chi connectivity index (χ1) is 13.5. The number of guanidine groups is 1. The van der Waals surface area contributed by atoms with Crippen molar-refractivity contribution < 1.29 is 4.74 Å². The molecule has 0 unspecified atom stereocenters. The van der Waals surface area contributed by atoms with Crippen molar-refractivity contribution in [2.45, 2.75) is 19.3 Å². The van der Waals surface area contributed by atoms with Crippen LogP contribution in [-0.2, 0) is 5.41 Å². The molecule has 0 aliphatic carbocycles. The number of pyridine rings is 1. The second-order valence-electron chi connectivity index (χ2n) is 7.68. The van der Waals surface area contributed by atoms with Crippen molar-refractivity contribution in [3.05, 3.63) is 54.2 Å². The van der Waals surface area contributed by atoms with E-state index in [1.54, 1.807) is 7.11 Å². The Kier molecular flexibility index (Phi) is 8.55. The summed E-state index contributed by atoms with van der Waals surface area (Å²) in [6.45, 7) is 9.01. The zero-order valence-electron chi connectivity index (χ0n) is 17.8. The number of piperazine rings is 1. The lowest BCUT2D eigenvalue weighted by molar-refractivity contribution is 0.365. The summed E-state index contributed by atoms with van der Waals surface area (Å²) in [5, 5.41) is 3.57. The van der Waals surface area contributed by atoms with E-state index in [1.165, 1.54) is 5.56 Å². The molecule has 1 aromatic heterocycles. The molecule has 2 heterocycles. The first-order valence-electron chi connectivity index (χ1n) is 9.79. The van der Waals surface area contributed by atoms with Crippen molar-refractivity contribution in [3.63, 3.8) is 0 Å². The quantitative estimate of drug-likeness (QED) is 0.381. The Labute approximate surface area is 191 Å². The molecule has 158 valence electrons. The Balaban J connectivity index is 0.00000300. The fraction of sp³-hybridized carbons (Fsp3) is 0.455. The van der Waals surface area contributed by atoms with Crippen LogP contribution in [0.4, 0.5) is 5.82 Å². The van der Waals surface area contributed by atoms with Gasteiger partial charge in [-0.2, -0.15) is 0 Å². The number of anilines is 1. The van der Waals surface area contributed by atoms with Gasteiger partial charge < -0.3 is 19.9 Å². The summed E-state index contributed by atoms with van der Waals surface area (Å²) < 4.78 is 5.38. The number of nitrogens with zero attached hydrogens (tertiary/aromatic N) is 4. The minimum atomic E-state index is -0.0414. The summed E-state index contributed by atoms with van der Waals surface area (Å²) in [5.74, 6) is 2.89. The second-order valence-corrected chi connectivity index (χ2v) is 7.68. The van der Waals surface area contributed by atoms with Gasteiger partial charge in [-0.15, -0.1) is 24.0 Å². The van der Waals surface area contributed by atoms with Crippen molar-refractivity contribution >= 4 is 35.8 Å². The van der Waals surface area contributed by atoms with Gasteiger partial charge in [0.15, 0.2) is 5.96 Å². The third-order valence-corrected chi connectivity index (χ3v) is 5.30. The average molecular weight is 509 g/mol. The maximum absolute atomic E-state index is 5.38. The van der Waals surface area contributed by atoms with Crippen LogP contribution in [0.1, 0.15) is 19.4 Å². The van der Waals surface area contributed by atoms with E-state index in [-0.39, 0.29) is 29.4 Å². The van der Waals surface area contributed by atoms with Gasteiger partial charge >= 0.3 is 0 Å². The number of aliphatic imine (C=N–C) groups is 1. The van der Waals surface area contributed by atoms with Gasteiger partial charge in [0.1, 0.15) is 11.6 Å². The number of hydrogen-bond donors (Lipinski definition) is 1. The molecule has 1 aliphatic heterocycles. The Morgan fingerprint density at radius 1 is 1.14 bits per heavy atom. The molecule has 3 rings (SSSR count). The first kappa shape index (κ1) is 23.3. The average Bonchev–Trinajstić information content (AvgIpc) is 2.75. The van der Waals surface area contributed by atoms with Crippen molar-refractivity contribution in [3.8, 4) is 5.75 Å². The van der Waals surface area contributed by atoms with Crippen LogP contribution in [0.15, 0.2) is 53.7 Å². The number of nitrogens with one attached hydrogen (secondary N) is 1. The summed E-state index contributed by atoms with van der Waals surface area (Å²) in [6, 6.07) is 14.3. The number of hydrogen-bond acceptors (Lipinski definition) is 4. The molecule has 0 bridgehead atoms. The van der Waals surface area contributed by atoms with Gasteiger partial charge in [0.25, 0.3) is 0 Å². The van der Waals surface area contributed by atoms with Gasteiger partial charge in [-0.05, 0) is 29.8 Å². The molecule has 0 radical (unpaired) electrons. The number of halogens is 1. The molecule has 1 N–H and O–H groups in total. The highest BCUT2D eigenvalue weighted by Gasteiger charge is 2.24. The number of rotatable bonds is 5. The third kappa shape index (κ3) is 5.98. The van der Waals surface area contributed by atoms with Crippen LogP contribution in [0.3, 0.4) is 0 Å². The Hall–Kier alpha value is -2.03. The van der Waals surface area contributed by atoms with E-state index in [2.05, 4.69) is 57.1 Å². The van der Waals surface area contributed by atoms with Crippen molar-refractivity contribution in [2.75, 3.05) is 51.8 Å². The first-order valence-corrected chi connectivity index (χ1v) is 9.79. The highest BCUT2D eigenvalue weighted by molar-refractivity contribution is 14.0. The maximum Gasteiger partial charge on any atom is 0.193 e. The lowest BCUT2D eigenvalue weighted by atomic mass is 9.84. The Bertz CT molecular complexity index is 789. The summed E-state index contributed by atoms with van der Waals surface area (Å²) in [7, 11) is 3.56. The molecule has 1 aliphatic rings. The Morgan fingerprint density at radius 2 is 1.90 bits per heavy atom. The fourth-order valence-corrected chi connectivity index (χ4v) is 3.47. The van der Waals surface area contributed by atoms with Gasteiger partial charge in [-0.25, -0.2) is 4.98 Å². The SMILES string of the molecule is CN=C(NCC(C)(C)c1cccc(OC)c1)N1CCN(c2ccccn2)CC1.I. The van der Waals surface area contributed by atoms with E-state index in [1.807, 2.05) is 37.5 Å². The van der Waals surface area contributed by atoms with E-state index in [4.69, 9.17) is 4.74 Å². The van der Waals surface area contributed by atoms with Crippen molar-refractivity contribution in [2.24, 2.45) is 4.99 Å². The highest BCUT2D eigenvalue weighted by Crippen LogP contribution is 2.26. The molecule has 0 spiro atoms. The maximum atomic E-state index is 5.38. The van der Waals surface area contributed by atoms with Crippen molar-refractivity contribution in [1.82, 2.24) is 15.2 Å². The molecule has 6 nitrogen and oxygen atoms in total. The summed E-state index contributed by atoms with van der Waals surface area (Å²) in [4.78, 5) is 13.6. The zero-order valence-corrected chi connectivity index (χ0v) is 20.1. The third-order valence-electron chi connectivity index (χ3n) is 5.30. The van der Waals surface area contributed by atoms with Crippen LogP contribution < -0.4 is 15.0 Å². The van der Waals surface area contributed by atoms with Crippen LogP contribution in [0.5, 0.6) is 5.75 Å². The Morgan fingerprint density at radius 3 is 2.52 bits per heavy atom. The molecular weight excluding hydrogens is 477 g/mol. The summed E-state index contributed by atoms with van der Waals surface area (Å²) in [6.07, 6.45) is 1.85. The molecule has 2 aromatic rings. The predicted octanol–water partition coefficient (Wildman–Crippen LogP) is 3.38. The van der Waals surface area contributed by atoms with Gasteiger partial charge in [0.2, 0.25) is 0 Å². The van der Waals surface area contributed by atoms with E-state index in [0.717, 1.165) is 50.3 Å². The van der Waals surface area contributed by atoms with Gasteiger partial charge in [-0.3, -0.25) is 4.99 Å². The standard InChI is InChI=1S/C22H31N5O.HI/c1-22(2,18-8-7-9-19(16-18)28-4)17-25-21(23-3)27-14-12-26(13-15-27)20-10-5-6-11-24-20;/h5-11,16H,12-15,17H2,1-4H3,(H,23,25);1H. The highest BCUT2D eigenvalue weighted by atomic mass is 127. The number of benzene rings is 1. The fourth-order valence-electron chi connectivity index (χ4n) is 3.47. The largest absolute Gasteiger partial charge is 0.497 e.